The minimum atomic E-state index is -4.25. The highest BCUT2D eigenvalue weighted by atomic mass is 32.2. The Labute approximate surface area is 137 Å². The minimum Gasteiger partial charge on any atom is -0.744 e. The molecule has 2 rings (SSSR count). The quantitative estimate of drug-likeness (QED) is 0.378. The Bertz CT molecular complexity index is 833. The molecule has 0 spiro atoms. The molecule has 0 radical (unpaired) electrons. The third-order valence-corrected chi connectivity index (χ3v) is 3.57. The first kappa shape index (κ1) is 19.1. The zero-order chi connectivity index (χ0) is 18.3. The number of benzene rings is 2. The van der Waals surface area contributed by atoms with Gasteiger partial charge in [0.15, 0.2) is 17.8 Å². The van der Waals surface area contributed by atoms with Crippen molar-refractivity contribution in [3.63, 3.8) is 0 Å². The van der Waals surface area contributed by atoms with Gasteiger partial charge in [-0.1, -0.05) is 18.2 Å². The zero-order valence-electron chi connectivity index (χ0n) is 12.3. The van der Waals surface area contributed by atoms with Crippen LogP contribution in [0.15, 0.2) is 47.4 Å². The van der Waals surface area contributed by atoms with Crippen molar-refractivity contribution >= 4 is 22.1 Å². The molecule has 0 atom stereocenters. The van der Waals surface area contributed by atoms with Gasteiger partial charge in [-0.25, -0.2) is 8.42 Å². The average molecular weight is 354 g/mol. The molecule has 10 heteroatoms. The lowest BCUT2D eigenvalue weighted by atomic mass is 10.1. The SMILES string of the molecule is COc1ccc([N+](=O)[O-])c(C=O)c1O.O=S(=O)([O-])c1ccccc1. The van der Waals surface area contributed by atoms with Gasteiger partial charge in [-0.15, -0.1) is 0 Å². The average Bonchev–Trinajstić information content (AvgIpc) is 2.55. The summed E-state index contributed by atoms with van der Waals surface area (Å²) in [5.74, 6) is -0.491. The molecule has 0 saturated heterocycles. The van der Waals surface area contributed by atoms with E-state index in [9.17, 15) is 33.0 Å². The fourth-order valence-corrected chi connectivity index (χ4v) is 2.10. The van der Waals surface area contributed by atoms with Gasteiger partial charge in [0.2, 0.25) is 0 Å². The summed E-state index contributed by atoms with van der Waals surface area (Å²) >= 11 is 0. The standard InChI is InChI=1S/C8H7NO5.C6H6O3S/c1-14-7-3-2-6(9(12)13)5(4-10)8(7)11;7-10(8,9)6-4-2-1-3-5-6/h2-4,11H,1H3;1-5H,(H,7,8,9)/p-1. The molecule has 24 heavy (non-hydrogen) atoms. The number of rotatable bonds is 4. The molecule has 0 aliphatic carbocycles. The van der Waals surface area contributed by atoms with E-state index >= 15 is 0 Å². The number of nitro groups is 1. The van der Waals surface area contributed by atoms with Gasteiger partial charge in [-0.05, 0) is 18.2 Å². The van der Waals surface area contributed by atoms with Crippen molar-refractivity contribution in [2.75, 3.05) is 7.11 Å². The van der Waals surface area contributed by atoms with Crippen molar-refractivity contribution < 1.29 is 32.5 Å². The molecular formula is C14H12NO8S-. The van der Waals surface area contributed by atoms with E-state index < -0.39 is 26.5 Å². The topological polar surface area (TPSA) is 147 Å². The van der Waals surface area contributed by atoms with Crippen molar-refractivity contribution in [1.82, 2.24) is 0 Å². The van der Waals surface area contributed by atoms with Crippen molar-refractivity contribution in [3.05, 3.63) is 58.1 Å². The van der Waals surface area contributed by atoms with E-state index in [1.165, 1.54) is 37.4 Å². The van der Waals surface area contributed by atoms with Crippen LogP contribution >= 0.6 is 0 Å². The van der Waals surface area contributed by atoms with Crippen LogP contribution in [0.3, 0.4) is 0 Å². The summed E-state index contributed by atoms with van der Waals surface area (Å²) in [4.78, 5) is 20.0. The first-order valence-electron chi connectivity index (χ1n) is 6.22. The maximum absolute atomic E-state index is 10.5. The first-order chi connectivity index (χ1) is 11.2. The predicted octanol–water partition coefficient (Wildman–Crippen LogP) is 1.71. The number of aldehydes is 1. The van der Waals surface area contributed by atoms with Gasteiger partial charge in [-0.3, -0.25) is 14.9 Å². The number of aromatic hydroxyl groups is 1. The smallest absolute Gasteiger partial charge is 0.283 e. The van der Waals surface area contributed by atoms with E-state index in [4.69, 9.17) is 4.74 Å². The van der Waals surface area contributed by atoms with Crippen LogP contribution in [0.25, 0.3) is 0 Å². The Kier molecular flexibility index (Phi) is 6.38. The maximum Gasteiger partial charge on any atom is 0.283 e. The van der Waals surface area contributed by atoms with E-state index in [0.717, 1.165) is 6.07 Å². The number of phenols is 1. The van der Waals surface area contributed by atoms with Gasteiger partial charge in [0.05, 0.1) is 16.9 Å². The molecule has 128 valence electrons. The molecule has 0 saturated carbocycles. The zero-order valence-corrected chi connectivity index (χ0v) is 13.1. The van der Waals surface area contributed by atoms with E-state index in [-0.39, 0.29) is 22.5 Å². The summed E-state index contributed by atoms with van der Waals surface area (Å²) in [6.07, 6.45) is 0.218. The van der Waals surface area contributed by atoms with Crippen molar-refractivity contribution in [1.29, 1.82) is 0 Å². The highest BCUT2D eigenvalue weighted by molar-refractivity contribution is 7.85. The number of nitrogens with zero attached hydrogens (tertiary/aromatic N) is 1. The Morgan fingerprint density at radius 1 is 1.17 bits per heavy atom. The highest BCUT2D eigenvalue weighted by Crippen LogP contribution is 2.34. The van der Waals surface area contributed by atoms with Crippen LogP contribution < -0.4 is 4.74 Å². The lowest BCUT2D eigenvalue weighted by Crippen LogP contribution is -1.96. The van der Waals surface area contributed by atoms with Crippen LogP contribution in [0.2, 0.25) is 0 Å². The molecule has 0 aliphatic rings. The summed E-state index contributed by atoms with van der Waals surface area (Å²) in [5, 5.41) is 19.8. The van der Waals surface area contributed by atoms with Gasteiger partial charge in [0.25, 0.3) is 5.69 Å². The number of carbonyl (C=O) groups is 1. The molecule has 2 aromatic rings. The first-order valence-corrected chi connectivity index (χ1v) is 7.63. The number of hydrogen-bond acceptors (Lipinski definition) is 8. The van der Waals surface area contributed by atoms with Gasteiger partial charge < -0.3 is 14.4 Å². The third kappa shape index (κ3) is 4.76. The minimum absolute atomic E-state index is 0.0256. The fraction of sp³-hybridized carbons (Fsp3) is 0.0714. The second-order valence-corrected chi connectivity index (χ2v) is 5.57. The normalized spacial score (nSPS) is 10.2. The second kappa shape index (κ2) is 8.04. The number of carbonyl (C=O) groups excluding carboxylic acids is 1. The van der Waals surface area contributed by atoms with E-state index in [2.05, 4.69) is 0 Å². The third-order valence-electron chi connectivity index (χ3n) is 2.72. The maximum atomic E-state index is 10.5. The van der Waals surface area contributed by atoms with Crippen LogP contribution in [0.4, 0.5) is 5.69 Å². The Balaban J connectivity index is 0.000000254. The lowest BCUT2D eigenvalue weighted by molar-refractivity contribution is -0.385. The fourth-order valence-electron chi connectivity index (χ4n) is 1.60. The summed E-state index contributed by atoms with van der Waals surface area (Å²) in [6.45, 7) is 0. The molecule has 0 unspecified atom stereocenters. The van der Waals surface area contributed by atoms with E-state index in [1.807, 2.05) is 0 Å². The Hall–Kier alpha value is -2.98. The van der Waals surface area contributed by atoms with Crippen molar-refractivity contribution in [2.45, 2.75) is 4.90 Å². The van der Waals surface area contributed by atoms with Gasteiger partial charge >= 0.3 is 0 Å². The predicted molar refractivity (Wildman–Crippen MR) is 81.1 cm³/mol. The molecular weight excluding hydrogens is 342 g/mol. The molecule has 2 aromatic carbocycles. The molecule has 9 nitrogen and oxygen atoms in total. The largest absolute Gasteiger partial charge is 0.744 e. The molecule has 1 N–H and O–H groups in total. The summed E-state index contributed by atoms with van der Waals surface area (Å²) < 4.78 is 35.5. The lowest BCUT2D eigenvalue weighted by Gasteiger charge is -2.04. The van der Waals surface area contributed by atoms with E-state index in [0.29, 0.717) is 0 Å². The number of nitro benzene ring substituents is 1. The Morgan fingerprint density at radius 3 is 2.12 bits per heavy atom. The Morgan fingerprint density at radius 2 is 1.75 bits per heavy atom. The van der Waals surface area contributed by atoms with E-state index in [1.54, 1.807) is 6.07 Å². The molecule has 0 amide bonds. The van der Waals surface area contributed by atoms with Crippen LogP contribution in [0.1, 0.15) is 10.4 Å². The molecule has 0 fully saturated rings. The summed E-state index contributed by atoms with van der Waals surface area (Å²) in [7, 11) is -2.97. The molecule has 0 bridgehead atoms. The van der Waals surface area contributed by atoms with Gasteiger partial charge in [-0.2, -0.15) is 0 Å². The van der Waals surface area contributed by atoms with Gasteiger partial charge in [0.1, 0.15) is 15.7 Å². The van der Waals surface area contributed by atoms with Crippen molar-refractivity contribution in [3.8, 4) is 11.5 Å². The number of ether oxygens (including phenoxy) is 1. The molecule has 0 aliphatic heterocycles. The summed E-state index contributed by atoms with van der Waals surface area (Å²) in [6, 6.07) is 9.51. The highest BCUT2D eigenvalue weighted by Gasteiger charge is 2.20. The number of phenolic OH excluding ortho intramolecular Hbond substituents is 1. The van der Waals surface area contributed by atoms with Crippen LogP contribution in [-0.4, -0.2) is 36.4 Å². The van der Waals surface area contributed by atoms with Crippen LogP contribution in [0, 0.1) is 10.1 Å². The monoisotopic (exact) mass is 354 g/mol. The second-order valence-electron chi connectivity index (χ2n) is 4.19. The van der Waals surface area contributed by atoms with Crippen molar-refractivity contribution in [2.24, 2.45) is 0 Å². The van der Waals surface area contributed by atoms with Crippen LogP contribution in [0.5, 0.6) is 11.5 Å². The molecule has 0 aromatic heterocycles. The molecule has 0 heterocycles. The number of methoxy groups -OCH3 is 1. The summed E-state index contributed by atoms with van der Waals surface area (Å²) in [5.41, 5.74) is -0.826. The number of hydrogen-bond donors (Lipinski definition) is 1. The van der Waals surface area contributed by atoms with Crippen LogP contribution in [-0.2, 0) is 10.1 Å². The van der Waals surface area contributed by atoms with Gasteiger partial charge in [0, 0.05) is 6.07 Å².